The summed E-state index contributed by atoms with van der Waals surface area (Å²) < 4.78 is 7.88. The fraction of sp³-hybridized carbons (Fsp3) is 0.100. The summed E-state index contributed by atoms with van der Waals surface area (Å²) in [7, 11) is 1.57. The molecule has 4 aromatic rings. The number of hydrogen-bond acceptors (Lipinski definition) is 5. The van der Waals surface area contributed by atoms with E-state index in [2.05, 4.69) is 15.4 Å². The molecule has 2 aromatic carbocycles. The van der Waals surface area contributed by atoms with Crippen LogP contribution in [-0.4, -0.2) is 32.3 Å². The molecule has 29 heavy (non-hydrogen) atoms. The van der Waals surface area contributed by atoms with Crippen LogP contribution in [0.2, 0.25) is 5.02 Å². The van der Waals surface area contributed by atoms with Crippen LogP contribution in [0.3, 0.4) is 0 Å². The molecule has 2 aromatic heterocycles. The second kappa shape index (κ2) is 7.76. The lowest BCUT2D eigenvalue weighted by molar-refractivity contribution is -0.116. The molecule has 0 aliphatic rings. The Morgan fingerprint density at radius 3 is 2.55 bits per heavy atom. The van der Waals surface area contributed by atoms with Crippen LogP contribution < -0.4 is 15.6 Å². The largest absolute Gasteiger partial charge is 0.497 e. The van der Waals surface area contributed by atoms with Crippen molar-refractivity contribution in [1.82, 2.24) is 19.3 Å². The number of fused-ring (bicyclic) bond motifs is 1. The van der Waals surface area contributed by atoms with Gasteiger partial charge in [0.05, 0.1) is 19.0 Å². The molecule has 8 nitrogen and oxygen atoms in total. The molecule has 0 saturated carbocycles. The minimum atomic E-state index is -0.347. The van der Waals surface area contributed by atoms with Crippen LogP contribution >= 0.6 is 11.6 Å². The van der Waals surface area contributed by atoms with Crippen LogP contribution in [-0.2, 0) is 11.3 Å². The summed E-state index contributed by atoms with van der Waals surface area (Å²) in [4.78, 5) is 29.4. The van der Waals surface area contributed by atoms with Gasteiger partial charge in [-0.1, -0.05) is 11.6 Å². The van der Waals surface area contributed by atoms with Crippen LogP contribution in [0.1, 0.15) is 0 Å². The zero-order valence-electron chi connectivity index (χ0n) is 15.4. The Kier molecular flexibility index (Phi) is 5.01. The summed E-state index contributed by atoms with van der Waals surface area (Å²) in [5.74, 6) is 0.343. The van der Waals surface area contributed by atoms with Crippen LogP contribution in [0.15, 0.2) is 65.8 Å². The summed E-state index contributed by atoms with van der Waals surface area (Å²) in [6, 6.07) is 13.9. The SMILES string of the molecule is COc1ccc(NC(=O)Cn2cnc3c(cnn3-c3ccc(Cl)cc3)c2=O)cc1. The molecular formula is C20H16ClN5O3. The molecule has 1 amide bonds. The molecule has 0 atom stereocenters. The van der Waals surface area contributed by atoms with Crippen molar-refractivity contribution in [2.75, 3.05) is 12.4 Å². The minimum Gasteiger partial charge on any atom is -0.497 e. The lowest BCUT2D eigenvalue weighted by Crippen LogP contribution is -2.27. The number of rotatable bonds is 5. The predicted molar refractivity (Wildman–Crippen MR) is 110 cm³/mol. The fourth-order valence-corrected chi connectivity index (χ4v) is 2.99. The lowest BCUT2D eigenvalue weighted by Gasteiger charge is -2.08. The zero-order valence-corrected chi connectivity index (χ0v) is 16.1. The third-order valence-electron chi connectivity index (χ3n) is 4.31. The number of nitrogens with one attached hydrogen (secondary N) is 1. The maximum atomic E-state index is 12.8. The van der Waals surface area contributed by atoms with Gasteiger partial charge in [-0.25, -0.2) is 9.67 Å². The Morgan fingerprint density at radius 2 is 1.86 bits per heavy atom. The molecule has 9 heteroatoms. The molecular weight excluding hydrogens is 394 g/mol. The molecule has 1 N–H and O–H groups in total. The van der Waals surface area contributed by atoms with E-state index in [1.165, 1.54) is 17.1 Å². The van der Waals surface area contributed by atoms with Gasteiger partial charge in [0, 0.05) is 10.7 Å². The number of hydrogen-bond donors (Lipinski definition) is 1. The molecule has 0 unspecified atom stereocenters. The topological polar surface area (TPSA) is 91.0 Å². The number of amides is 1. The van der Waals surface area contributed by atoms with E-state index >= 15 is 0 Å². The van der Waals surface area contributed by atoms with Gasteiger partial charge in [-0.2, -0.15) is 5.10 Å². The standard InChI is InChI=1S/C20H16ClN5O3/c1-29-16-8-4-14(5-9-16)24-18(27)11-25-12-22-19-17(20(25)28)10-23-26(19)15-6-2-13(21)3-7-15/h2-10,12H,11H2,1H3,(H,24,27). The number of nitrogens with zero attached hydrogens (tertiary/aromatic N) is 4. The van der Waals surface area contributed by atoms with E-state index in [0.29, 0.717) is 27.5 Å². The molecule has 0 fully saturated rings. The van der Waals surface area contributed by atoms with Crippen LogP contribution in [0.25, 0.3) is 16.7 Å². The maximum absolute atomic E-state index is 12.8. The first-order valence-corrected chi connectivity index (χ1v) is 9.06. The first-order valence-electron chi connectivity index (χ1n) is 8.68. The van der Waals surface area contributed by atoms with E-state index in [4.69, 9.17) is 16.3 Å². The van der Waals surface area contributed by atoms with E-state index < -0.39 is 0 Å². The van der Waals surface area contributed by atoms with Crippen molar-refractivity contribution in [2.45, 2.75) is 6.54 Å². The monoisotopic (exact) mass is 409 g/mol. The Labute approximate surface area is 170 Å². The van der Waals surface area contributed by atoms with E-state index in [-0.39, 0.29) is 18.0 Å². The van der Waals surface area contributed by atoms with E-state index in [1.54, 1.807) is 60.3 Å². The highest BCUT2D eigenvalue weighted by Crippen LogP contribution is 2.17. The Bertz CT molecular complexity index is 1230. The van der Waals surface area contributed by atoms with Crippen molar-refractivity contribution in [2.24, 2.45) is 0 Å². The average molecular weight is 410 g/mol. The van der Waals surface area contributed by atoms with Crippen LogP contribution in [0, 0.1) is 0 Å². The molecule has 0 aliphatic heterocycles. The number of carbonyl (C=O) groups is 1. The third-order valence-corrected chi connectivity index (χ3v) is 4.57. The van der Waals surface area contributed by atoms with E-state index in [9.17, 15) is 9.59 Å². The van der Waals surface area contributed by atoms with Crippen molar-refractivity contribution >= 4 is 34.2 Å². The summed E-state index contributed by atoms with van der Waals surface area (Å²) in [6.07, 6.45) is 2.78. The number of anilines is 1. The second-order valence-electron chi connectivity index (χ2n) is 6.22. The molecule has 0 saturated heterocycles. The first kappa shape index (κ1) is 18.7. The van der Waals surface area contributed by atoms with Crippen LogP contribution in [0.4, 0.5) is 5.69 Å². The number of halogens is 1. The first-order chi connectivity index (χ1) is 14.0. The zero-order chi connectivity index (χ0) is 20.4. The number of carbonyl (C=O) groups excluding carboxylic acids is 1. The second-order valence-corrected chi connectivity index (χ2v) is 6.66. The minimum absolute atomic E-state index is 0.167. The highest BCUT2D eigenvalue weighted by Gasteiger charge is 2.13. The van der Waals surface area contributed by atoms with Crippen molar-refractivity contribution in [3.63, 3.8) is 0 Å². The van der Waals surface area contributed by atoms with Crippen molar-refractivity contribution < 1.29 is 9.53 Å². The predicted octanol–water partition coefficient (Wildman–Crippen LogP) is 2.88. The Balaban J connectivity index is 1.56. The van der Waals surface area contributed by atoms with Gasteiger partial charge < -0.3 is 10.1 Å². The molecule has 0 bridgehead atoms. The van der Waals surface area contributed by atoms with Gasteiger partial charge in [-0.05, 0) is 48.5 Å². The van der Waals surface area contributed by atoms with Crippen molar-refractivity contribution in [1.29, 1.82) is 0 Å². The summed E-state index contributed by atoms with van der Waals surface area (Å²) in [5, 5.41) is 7.90. The normalized spacial score (nSPS) is 10.8. The number of aromatic nitrogens is 4. The van der Waals surface area contributed by atoms with Gasteiger partial charge in [0.25, 0.3) is 5.56 Å². The maximum Gasteiger partial charge on any atom is 0.264 e. The quantitative estimate of drug-likeness (QED) is 0.547. The number of ether oxygens (including phenoxy) is 1. The van der Waals surface area contributed by atoms with Gasteiger partial charge in [0.2, 0.25) is 5.91 Å². The van der Waals surface area contributed by atoms with Crippen LogP contribution in [0.5, 0.6) is 5.75 Å². The fourth-order valence-electron chi connectivity index (χ4n) is 2.86. The molecule has 2 heterocycles. The number of benzene rings is 2. The highest BCUT2D eigenvalue weighted by atomic mass is 35.5. The molecule has 0 radical (unpaired) electrons. The van der Waals surface area contributed by atoms with Gasteiger partial charge in [0.1, 0.15) is 24.0 Å². The molecule has 0 aliphatic carbocycles. The third kappa shape index (κ3) is 3.83. The average Bonchev–Trinajstić information content (AvgIpc) is 3.16. The Hall–Kier alpha value is -3.65. The molecule has 146 valence electrons. The van der Waals surface area contributed by atoms with E-state index in [1.807, 2.05) is 0 Å². The van der Waals surface area contributed by atoms with Gasteiger partial charge in [0.15, 0.2) is 5.65 Å². The molecule has 0 spiro atoms. The van der Waals surface area contributed by atoms with Crippen molar-refractivity contribution in [3.8, 4) is 11.4 Å². The summed E-state index contributed by atoms with van der Waals surface area (Å²) in [5.41, 5.74) is 1.39. The summed E-state index contributed by atoms with van der Waals surface area (Å²) >= 11 is 5.92. The van der Waals surface area contributed by atoms with Crippen molar-refractivity contribution in [3.05, 3.63) is 76.4 Å². The van der Waals surface area contributed by atoms with E-state index in [0.717, 1.165) is 5.69 Å². The summed E-state index contributed by atoms with van der Waals surface area (Å²) in [6.45, 7) is -0.167. The Morgan fingerprint density at radius 1 is 1.14 bits per heavy atom. The lowest BCUT2D eigenvalue weighted by atomic mass is 10.3. The smallest absolute Gasteiger partial charge is 0.264 e. The van der Waals surface area contributed by atoms with Gasteiger partial charge >= 0.3 is 0 Å². The van der Waals surface area contributed by atoms with Gasteiger partial charge in [-0.15, -0.1) is 0 Å². The highest BCUT2D eigenvalue weighted by molar-refractivity contribution is 6.30. The molecule has 4 rings (SSSR count). The van der Waals surface area contributed by atoms with Gasteiger partial charge in [-0.3, -0.25) is 14.2 Å². The number of methoxy groups -OCH3 is 1.